The molecule has 2 rings (SSSR count). The van der Waals surface area contributed by atoms with Gasteiger partial charge >= 0.3 is 0 Å². The van der Waals surface area contributed by atoms with Crippen molar-refractivity contribution in [3.05, 3.63) is 40.4 Å². The van der Waals surface area contributed by atoms with E-state index in [1.807, 2.05) is 0 Å². The fourth-order valence-electron chi connectivity index (χ4n) is 1.62. The molecule has 0 radical (unpaired) electrons. The molecule has 1 aromatic carbocycles. The van der Waals surface area contributed by atoms with Crippen LogP contribution in [0.3, 0.4) is 0 Å². The molecule has 0 spiro atoms. The van der Waals surface area contributed by atoms with Crippen LogP contribution in [0.1, 0.15) is 11.7 Å². The molecule has 0 saturated heterocycles. The minimum absolute atomic E-state index is 0.0530. The molecule has 2 unspecified atom stereocenters. The second-order valence-electron chi connectivity index (χ2n) is 3.76. The first kappa shape index (κ1) is 11.7. The van der Waals surface area contributed by atoms with E-state index in [2.05, 4.69) is 9.97 Å². The molecular weight excluding hydrogens is 222 g/mol. The highest BCUT2D eigenvalue weighted by atomic mass is 16.3. The van der Waals surface area contributed by atoms with Crippen LogP contribution in [0.4, 0.5) is 0 Å². The number of aliphatic hydroxyl groups is 2. The Hall–Kier alpha value is -1.76. The SMILES string of the molecule is NCC(O)C(O)c1ccc2nc[nH]c(=O)c2c1. The highest BCUT2D eigenvalue weighted by molar-refractivity contribution is 5.77. The second kappa shape index (κ2) is 4.62. The van der Waals surface area contributed by atoms with Crippen molar-refractivity contribution in [3.8, 4) is 0 Å². The van der Waals surface area contributed by atoms with Gasteiger partial charge in [-0.3, -0.25) is 4.79 Å². The van der Waals surface area contributed by atoms with Crippen LogP contribution in [0, 0.1) is 0 Å². The largest absolute Gasteiger partial charge is 0.389 e. The fraction of sp³-hybridized carbons (Fsp3) is 0.273. The van der Waals surface area contributed by atoms with Gasteiger partial charge in [0.15, 0.2) is 0 Å². The third kappa shape index (κ3) is 2.19. The Kier molecular flexibility index (Phi) is 3.19. The number of nitrogens with zero attached hydrogens (tertiary/aromatic N) is 1. The number of nitrogens with one attached hydrogen (secondary N) is 1. The van der Waals surface area contributed by atoms with E-state index in [1.54, 1.807) is 12.1 Å². The molecule has 17 heavy (non-hydrogen) atoms. The Balaban J connectivity index is 2.51. The molecule has 0 aliphatic heterocycles. The van der Waals surface area contributed by atoms with Crippen molar-refractivity contribution < 1.29 is 10.2 Å². The maximum Gasteiger partial charge on any atom is 0.258 e. The zero-order valence-electron chi connectivity index (χ0n) is 9.00. The van der Waals surface area contributed by atoms with E-state index in [1.165, 1.54) is 12.4 Å². The summed E-state index contributed by atoms with van der Waals surface area (Å²) in [5, 5.41) is 19.6. The maximum atomic E-state index is 11.5. The van der Waals surface area contributed by atoms with Gasteiger partial charge in [0.1, 0.15) is 6.10 Å². The number of aromatic amines is 1. The molecule has 1 heterocycles. The predicted molar refractivity (Wildman–Crippen MR) is 62.4 cm³/mol. The molecule has 1 aromatic heterocycles. The first-order valence-corrected chi connectivity index (χ1v) is 5.17. The summed E-state index contributed by atoms with van der Waals surface area (Å²) in [5.74, 6) is 0. The fourth-order valence-corrected chi connectivity index (χ4v) is 1.62. The summed E-state index contributed by atoms with van der Waals surface area (Å²) in [4.78, 5) is 18.0. The van der Waals surface area contributed by atoms with Gasteiger partial charge in [0, 0.05) is 6.54 Å². The number of nitrogens with two attached hydrogens (primary N) is 1. The molecule has 6 nitrogen and oxygen atoms in total. The molecule has 0 aliphatic rings. The molecule has 0 aliphatic carbocycles. The Morgan fingerprint density at radius 2 is 2.18 bits per heavy atom. The number of benzene rings is 1. The zero-order chi connectivity index (χ0) is 12.4. The van der Waals surface area contributed by atoms with E-state index in [0.29, 0.717) is 16.5 Å². The number of H-pyrrole nitrogens is 1. The first-order valence-electron chi connectivity index (χ1n) is 5.17. The summed E-state index contributed by atoms with van der Waals surface area (Å²) in [6.45, 7) is -0.0530. The van der Waals surface area contributed by atoms with E-state index in [0.717, 1.165) is 0 Å². The van der Waals surface area contributed by atoms with Crippen LogP contribution in [-0.4, -0.2) is 32.8 Å². The molecule has 6 heteroatoms. The molecule has 0 saturated carbocycles. The Morgan fingerprint density at radius 1 is 1.41 bits per heavy atom. The van der Waals surface area contributed by atoms with E-state index in [-0.39, 0.29) is 12.1 Å². The van der Waals surface area contributed by atoms with E-state index >= 15 is 0 Å². The van der Waals surface area contributed by atoms with Crippen LogP contribution in [0.5, 0.6) is 0 Å². The van der Waals surface area contributed by atoms with Crippen molar-refractivity contribution in [2.75, 3.05) is 6.54 Å². The number of rotatable bonds is 3. The van der Waals surface area contributed by atoms with Gasteiger partial charge < -0.3 is 20.9 Å². The third-order valence-corrected chi connectivity index (χ3v) is 2.61. The monoisotopic (exact) mass is 235 g/mol. The van der Waals surface area contributed by atoms with Crippen LogP contribution in [0.2, 0.25) is 0 Å². The van der Waals surface area contributed by atoms with Crippen molar-refractivity contribution in [2.24, 2.45) is 5.73 Å². The topological polar surface area (TPSA) is 112 Å². The highest BCUT2D eigenvalue weighted by Crippen LogP contribution is 2.19. The quantitative estimate of drug-likeness (QED) is 0.560. The highest BCUT2D eigenvalue weighted by Gasteiger charge is 2.17. The van der Waals surface area contributed by atoms with Gasteiger partial charge in [-0.1, -0.05) is 6.07 Å². The van der Waals surface area contributed by atoms with Gasteiger partial charge in [-0.25, -0.2) is 4.98 Å². The average molecular weight is 235 g/mol. The summed E-state index contributed by atoms with van der Waals surface area (Å²) in [7, 11) is 0. The minimum Gasteiger partial charge on any atom is -0.389 e. The normalized spacial score (nSPS) is 14.8. The van der Waals surface area contributed by atoms with E-state index in [9.17, 15) is 15.0 Å². The van der Waals surface area contributed by atoms with Crippen molar-refractivity contribution in [2.45, 2.75) is 12.2 Å². The molecule has 0 fully saturated rings. The van der Waals surface area contributed by atoms with Crippen LogP contribution in [0.25, 0.3) is 10.9 Å². The van der Waals surface area contributed by atoms with Gasteiger partial charge in [0.25, 0.3) is 5.56 Å². The lowest BCUT2D eigenvalue weighted by Crippen LogP contribution is -2.27. The van der Waals surface area contributed by atoms with Crippen LogP contribution in [0.15, 0.2) is 29.3 Å². The summed E-state index contributed by atoms with van der Waals surface area (Å²) in [6.07, 6.45) is -0.845. The smallest absolute Gasteiger partial charge is 0.258 e. The second-order valence-corrected chi connectivity index (χ2v) is 3.76. The number of hydrogen-bond acceptors (Lipinski definition) is 5. The molecule has 0 amide bonds. The summed E-state index contributed by atoms with van der Waals surface area (Å²) >= 11 is 0. The van der Waals surface area contributed by atoms with E-state index in [4.69, 9.17) is 5.73 Å². The third-order valence-electron chi connectivity index (χ3n) is 2.61. The molecule has 2 aromatic rings. The first-order chi connectivity index (χ1) is 8.13. The van der Waals surface area contributed by atoms with Crippen molar-refractivity contribution in [3.63, 3.8) is 0 Å². The molecular formula is C11H13N3O3. The number of hydrogen-bond donors (Lipinski definition) is 4. The van der Waals surface area contributed by atoms with Gasteiger partial charge in [-0.05, 0) is 17.7 Å². The standard InChI is InChI=1S/C11H13N3O3/c12-4-9(15)10(16)6-1-2-8-7(3-6)11(17)14-5-13-8/h1-3,5,9-10,15-16H,4,12H2,(H,13,14,17). The average Bonchev–Trinajstić information content (AvgIpc) is 2.37. The summed E-state index contributed by atoms with van der Waals surface area (Å²) in [6, 6.07) is 4.73. The Bertz CT molecular complexity index is 581. The van der Waals surface area contributed by atoms with Gasteiger partial charge in [-0.15, -0.1) is 0 Å². The number of aliphatic hydroxyl groups excluding tert-OH is 2. The molecule has 90 valence electrons. The zero-order valence-corrected chi connectivity index (χ0v) is 9.00. The molecule has 0 bridgehead atoms. The molecule has 5 N–H and O–H groups in total. The minimum atomic E-state index is -1.11. The van der Waals surface area contributed by atoms with Crippen LogP contribution in [-0.2, 0) is 0 Å². The van der Waals surface area contributed by atoms with Gasteiger partial charge in [0.05, 0.1) is 23.3 Å². The van der Waals surface area contributed by atoms with Gasteiger partial charge in [-0.2, -0.15) is 0 Å². The predicted octanol–water partition coefficient (Wildman–Crippen LogP) is -0.724. The lowest BCUT2D eigenvalue weighted by Gasteiger charge is -2.16. The van der Waals surface area contributed by atoms with Crippen molar-refractivity contribution >= 4 is 10.9 Å². The van der Waals surface area contributed by atoms with Gasteiger partial charge in [0.2, 0.25) is 0 Å². The maximum absolute atomic E-state index is 11.5. The lowest BCUT2D eigenvalue weighted by atomic mass is 10.0. The van der Waals surface area contributed by atoms with Crippen LogP contribution < -0.4 is 11.3 Å². The van der Waals surface area contributed by atoms with Crippen molar-refractivity contribution in [1.29, 1.82) is 0 Å². The molecule has 2 atom stereocenters. The lowest BCUT2D eigenvalue weighted by molar-refractivity contribution is 0.0244. The van der Waals surface area contributed by atoms with Crippen LogP contribution >= 0.6 is 0 Å². The summed E-state index contributed by atoms with van der Waals surface area (Å²) in [5.41, 5.74) is 5.95. The van der Waals surface area contributed by atoms with Crippen molar-refractivity contribution in [1.82, 2.24) is 9.97 Å². The Morgan fingerprint density at radius 3 is 2.88 bits per heavy atom. The number of fused-ring (bicyclic) bond motifs is 1. The van der Waals surface area contributed by atoms with E-state index < -0.39 is 12.2 Å². The Labute approximate surface area is 96.7 Å². The number of aromatic nitrogens is 2. The summed E-state index contributed by atoms with van der Waals surface area (Å²) < 4.78 is 0.